The number of aromatic nitrogens is 4. The van der Waals surface area contributed by atoms with Crippen molar-refractivity contribution in [2.75, 3.05) is 6.54 Å². The van der Waals surface area contributed by atoms with E-state index in [9.17, 15) is 4.79 Å². The van der Waals surface area contributed by atoms with Crippen molar-refractivity contribution >= 4 is 5.91 Å². The van der Waals surface area contributed by atoms with E-state index in [2.05, 4.69) is 19.9 Å². The molecule has 6 rings (SSSR count). The van der Waals surface area contributed by atoms with Crippen molar-refractivity contribution in [1.29, 1.82) is 0 Å². The first-order valence-corrected chi connectivity index (χ1v) is 10.7. The van der Waals surface area contributed by atoms with Gasteiger partial charge in [-0.1, -0.05) is 6.07 Å². The van der Waals surface area contributed by atoms with Crippen molar-refractivity contribution in [3.8, 4) is 17.4 Å². The van der Waals surface area contributed by atoms with Crippen LogP contribution in [0.4, 0.5) is 0 Å². The molecular formula is C24H25N5O2. The number of fused-ring (bicyclic) bond motifs is 3. The number of pyridine rings is 2. The molecule has 31 heavy (non-hydrogen) atoms. The lowest BCUT2D eigenvalue weighted by Crippen LogP contribution is -2.59. The fourth-order valence-corrected chi connectivity index (χ4v) is 4.65. The van der Waals surface area contributed by atoms with Crippen LogP contribution in [0.25, 0.3) is 11.5 Å². The first-order chi connectivity index (χ1) is 15.1. The number of hydrogen-bond donors (Lipinski definition) is 0. The molecule has 0 N–H and O–H groups in total. The minimum atomic E-state index is -0.0542. The predicted molar refractivity (Wildman–Crippen MR) is 116 cm³/mol. The zero-order valence-corrected chi connectivity index (χ0v) is 17.7. The number of rotatable bonds is 4. The van der Waals surface area contributed by atoms with E-state index in [1.165, 1.54) is 0 Å². The van der Waals surface area contributed by atoms with E-state index < -0.39 is 0 Å². The standard InChI is InChI=1S/C24H25N5O2/c1-15-4-9-21(27-13-15)31-20-12-17-6-8-19(20)29(14-17)24(30)18-7-5-16(2)28-22(18)23-25-10-3-11-26-23/h3-5,7,9-11,13,17,19-20H,6,8,12,14H2,1-2H3/t17-,19-,20+/m0/s1. The molecule has 1 amide bonds. The average Bonchev–Trinajstić information content (AvgIpc) is 2.81. The fourth-order valence-electron chi connectivity index (χ4n) is 4.65. The molecule has 0 spiro atoms. The third-order valence-electron chi connectivity index (χ3n) is 6.18. The molecule has 3 aliphatic rings. The van der Waals surface area contributed by atoms with Crippen molar-refractivity contribution in [2.24, 2.45) is 5.92 Å². The summed E-state index contributed by atoms with van der Waals surface area (Å²) in [4.78, 5) is 33.3. The quantitative estimate of drug-likeness (QED) is 0.647. The van der Waals surface area contributed by atoms with Crippen LogP contribution in [-0.2, 0) is 0 Å². The van der Waals surface area contributed by atoms with Gasteiger partial charge in [-0.2, -0.15) is 0 Å². The fraction of sp³-hybridized carbons (Fsp3) is 0.375. The zero-order valence-electron chi connectivity index (χ0n) is 17.7. The molecule has 7 heteroatoms. The van der Waals surface area contributed by atoms with Gasteiger partial charge >= 0.3 is 0 Å². The van der Waals surface area contributed by atoms with Gasteiger partial charge in [0.15, 0.2) is 5.82 Å². The maximum absolute atomic E-state index is 13.7. The normalized spacial score (nSPS) is 22.4. The van der Waals surface area contributed by atoms with Gasteiger partial charge in [0.25, 0.3) is 5.91 Å². The number of nitrogens with zero attached hydrogens (tertiary/aromatic N) is 5. The van der Waals surface area contributed by atoms with Crippen LogP contribution >= 0.6 is 0 Å². The highest BCUT2D eigenvalue weighted by atomic mass is 16.5. The summed E-state index contributed by atoms with van der Waals surface area (Å²) in [5.41, 5.74) is 2.99. The highest BCUT2D eigenvalue weighted by Gasteiger charge is 2.45. The molecule has 3 fully saturated rings. The van der Waals surface area contributed by atoms with E-state index in [1.807, 2.05) is 49.2 Å². The molecule has 0 unspecified atom stereocenters. The summed E-state index contributed by atoms with van der Waals surface area (Å²) < 4.78 is 6.25. The van der Waals surface area contributed by atoms with Crippen LogP contribution in [0, 0.1) is 19.8 Å². The Morgan fingerprint density at radius 3 is 2.65 bits per heavy atom. The number of hydrogen-bond acceptors (Lipinski definition) is 6. The molecule has 3 atom stereocenters. The van der Waals surface area contributed by atoms with E-state index >= 15 is 0 Å². The zero-order chi connectivity index (χ0) is 21.4. The average molecular weight is 415 g/mol. The summed E-state index contributed by atoms with van der Waals surface area (Å²) in [6.07, 6.45) is 8.10. The minimum absolute atomic E-state index is 0.0199. The maximum Gasteiger partial charge on any atom is 0.256 e. The Morgan fingerprint density at radius 2 is 1.90 bits per heavy atom. The molecule has 1 aliphatic carbocycles. The first-order valence-electron chi connectivity index (χ1n) is 10.7. The number of aryl methyl sites for hydroxylation is 2. The minimum Gasteiger partial charge on any atom is -0.472 e. The first kappa shape index (κ1) is 19.6. The molecule has 0 aromatic carbocycles. The van der Waals surface area contributed by atoms with Crippen molar-refractivity contribution in [3.05, 3.63) is 65.7 Å². The number of carbonyl (C=O) groups excluding carboxylic acids is 1. The van der Waals surface area contributed by atoms with Gasteiger partial charge in [0.1, 0.15) is 11.8 Å². The Kier molecular flexibility index (Phi) is 5.10. The monoisotopic (exact) mass is 415 g/mol. The van der Waals surface area contributed by atoms with Crippen molar-refractivity contribution in [1.82, 2.24) is 24.8 Å². The lowest BCUT2D eigenvalue weighted by molar-refractivity contribution is -0.0313. The van der Waals surface area contributed by atoms with E-state index in [1.54, 1.807) is 18.5 Å². The molecule has 1 saturated carbocycles. The number of carbonyl (C=O) groups is 1. The van der Waals surface area contributed by atoms with Crippen molar-refractivity contribution < 1.29 is 9.53 Å². The van der Waals surface area contributed by atoms with E-state index in [-0.39, 0.29) is 18.1 Å². The number of amides is 1. The molecular weight excluding hydrogens is 390 g/mol. The summed E-state index contributed by atoms with van der Waals surface area (Å²) in [7, 11) is 0. The highest BCUT2D eigenvalue weighted by molar-refractivity contribution is 5.99. The summed E-state index contributed by atoms with van der Waals surface area (Å²) in [5.74, 6) is 1.48. The van der Waals surface area contributed by atoms with Gasteiger partial charge in [-0.15, -0.1) is 0 Å². The Morgan fingerprint density at radius 1 is 1.06 bits per heavy atom. The van der Waals surface area contributed by atoms with Gasteiger partial charge in [0.05, 0.1) is 11.6 Å². The molecule has 0 radical (unpaired) electrons. The lowest BCUT2D eigenvalue weighted by atomic mass is 9.77. The SMILES string of the molecule is Cc1ccc(O[C@@H]2C[C@@H]3CC[C@@H]2N(C(=O)c2ccc(C)nc2-c2ncccn2)C3)nc1. The molecule has 2 saturated heterocycles. The summed E-state index contributed by atoms with van der Waals surface area (Å²) in [6, 6.07) is 9.38. The Bertz CT molecular complexity index is 1090. The second-order valence-corrected chi connectivity index (χ2v) is 8.46. The molecule has 2 aliphatic heterocycles. The Balaban J connectivity index is 1.44. The summed E-state index contributed by atoms with van der Waals surface area (Å²) in [6.45, 7) is 4.65. The number of piperidine rings is 2. The second-order valence-electron chi connectivity index (χ2n) is 8.46. The topological polar surface area (TPSA) is 81.1 Å². The van der Waals surface area contributed by atoms with Gasteiger partial charge in [0, 0.05) is 36.9 Å². The van der Waals surface area contributed by atoms with Crippen LogP contribution in [0.15, 0.2) is 48.9 Å². The maximum atomic E-state index is 13.7. The van der Waals surface area contributed by atoms with Gasteiger partial charge in [-0.05, 0) is 62.8 Å². The van der Waals surface area contributed by atoms with Crippen LogP contribution < -0.4 is 4.74 Å². The Hall–Kier alpha value is -3.35. The molecule has 5 heterocycles. The van der Waals surface area contributed by atoms with Gasteiger partial charge < -0.3 is 9.64 Å². The van der Waals surface area contributed by atoms with E-state index in [0.29, 0.717) is 28.9 Å². The summed E-state index contributed by atoms with van der Waals surface area (Å²) >= 11 is 0. The van der Waals surface area contributed by atoms with Crippen LogP contribution in [0.3, 0.4) is 0 Å². The van der Waals surface area contributed by atoms with Gasteiger partial charge in [0.2, 0.25) is 5.88 Å². The smallest absolute Gasteiger partial charge is 0.256 e. The predicted octanol–water partition coefficient (Wildman–Crippen LogP) is 3.62. The van der Waals surface area contributed by atoms with Gasteiger partial charge in [-0.3, -0.25) is 4.79 Å². The molecule has 158 valence electrons. The Labute approximate surface area is 181 Å². The molecule has 7 nitrogen and oxygen atoms in total. The molecule has 3 aromatic heterocycles. The third-order valence-corrected chi connectivity index (χ3v) is 6.18. The van der Waals surface area contributed by atoms with Gasteiger partial charge in [-0.25, -0.2) is 19.9 Å². The van der Waals surface area contributed by atoms with Crippen LogP contribution in [0.2, 0.25) is 0 Å². The van der Waals surface area contributed by atoms with Crippen LogP contribution in [-0.4, -0.2) is 49.4 Å². The molecule has 3 aromatic rings. The third kappa shape index (κ3) is 3.87. The lowest BCUT2D eigenvalue weighted by Gasteiger charge is -2.49. The molecule has 2 bridgehead atoms. The van der Waals surface area contributed by atoms with Crippen LogP contribution in [0.5, 0.6) is 5.88 Å². The largest absolute Gasteiger partial charge is 0.472 e. The summed E-state index contributed by atoms with van der Waals surface area (Å²) in [5, 5.41) is 0. The van der Waals surface area contributed by atoms with E-state index in [4.69, 9.17) is 4.74 Å². The second kappa shape index (κ2) is 8.06. The highest BCUT2D eigenvalue weighted by Crippen LogP contribution is 2.38. The van der Waals surface area contributed by atoms with Crippen molar-refractivity contribution in [2.45, 2.75) is 45.3 Å². The van der Waals surface area contributed by atoms with Crippen LogP contribution in [0.1, 0.15) is 40.9 Å². The van der Waals surface area contributed by atoms with Crippen molar-refractivity contribution in [3.63, 3.8) is 0 Å². The number of ether oxygens (including phenoxy) is 1. The van der Waals surface area contributed by atoms with E-state index in [0.717, 1.165) is 37.1 Å².